The molecule has 0 fully saturated rings. The first-order valence-corrected chi connectivity index (χ1v) is 9.06. The van der Waals surface area contributed by atoms with Crippen molar-refractivity contribution >= 4 is 17.5 Å². The SMILES string of the molecule is COc1ccc(C)cc1CN(C)CC(=O)N1C[C@H](C(N)=O)Oc2ccccc21. The Morgan fingerprint density at radius 1 is 1.29 bits per heavy atom. The van der Waals surface area contributed by atoms with Crippen LogP contribution >= 0.6 is 0 Å². The van der Waals surface area contributed by atoms with Crippen molar-refractivity contribution < 1.29 is 19.1 Å². The number of primary amides is 1. The van der Waals surface area contributed by atoms with Crippen LogP contribution in [0.4, 0.5) is 5.69 Å². The van der Waals surface area contributed by atoms with Crippen molar-refractivity contribution in [3.8, 4) is 11.5 Å². The Balaban J connectivity index is 1.75. The molecule has 1 aliphatic rings. The number of rotatable bonds is 6. The van der Waals surface area contributed by atoms with Crippen LogP contribution in [0.5, 0.6) is 11.5 Å². The van der Waals surface area contributed by atoms with Crippen LogP contribution in [-0.2, 0) is 16.1 Å². The molecule has 7 heteroatoms. The van der Waals surface area contributed by atoms with Crippen molar-refractivity contribution in [1.29, 1.82) is 0 Å². The van der Waals surface area contributed by atoms with E-state index in [4.69, 9.17) is 15.2 Å². The van der Waals surface area contributed by atoms with Crippen molar-refractivity contribution in [3.05, 3.63) is 53.6 Å². The summed E-state index contributed by atoms with van der Waals surface area (Å²) in [4.78, 5) is 28.1. The number of anilines is 1. The maximum Gasteiger partial charge on any atom is 0.260 e. The van der Waals surface area contributed by atoms with Gasteiger partial charge in [-0.2, -0.15) is 0 Å². The van der Waals surface area contributed by atoms with E-state index in [1.807, 2.05) is 43.1 Å². The molecular weight excluding hydrogens is 358 g/mol. The highest BCUT2D eigenvalue weighted by Crippen LogP contribution is 2.33. The molecule has 0 radical (unpaired) electrons. The van der Waals surface area contributed by atoms with Gasteiger partial charge in [-0.3, -0.25) is 14.5 Å². The summed E-state index contributed by atoms with van der Waals surface area (Å²) in [6, 6.07) is 13.1. The summed E-state index contributed by atoms with van der Waals surface area (Å²) in [5.74, 6) is 0.547. The Bertz CT molecular complexity index is 884. The molecule has 0 aromatic heterocycles. The van der Waals surface area contributed by atoms with Gasteiger partial charge in [-0.15, -0.1) is 0 Å². The van der Waals surface area contributed by atoms with Crippen LogP contribution in [0.1, 0.15) is 11.1 Å². The number of likely N-dealkylation sites (N-methyl/N-ethyl adjacent to an activating group) is 1. The summed E-state index contributed by atoms with van der Waals surface area (Å²) in [5.41, 5.74) is 8.19. The van der Waals surface area contributed by atoms with E-state index in [1.54, 1.807) is 30.2 Å². The number of benzene rings is 2. The summed E-state index contributed by atoms with van der Waals surface area (Å²) in [6.45, 7) is 2.86. The number of carbonyl (C=O) groups excluding carboxylic acids is 2. The summed E-state index contributed by atoms with van der Waals surface area (Å²) < 4.78 is 11.0. The van der Waals surface area contributed by atoms with Gasteiger partial charge in [-0.25, -0.2) is 0 Å². The van der Waals surface area contributed by atoms with Gasteiger partial charge in [0.25, 0.3) is 5.91 Å². The minimum Gasteiger partial charge on any atom is -0.496 e. The minimum absolute atomic E-state index is 0.104. The number of hydrogen-bond donors (Lipinski definition) is 1. The highest BCUT2D eigenvalue weighted by Gasteiger charge is 2.32. The van der Waals surface area contributed by atoms with Gasteiger partial charge < -0.3 is 20.1 Å². The van der Waals surface area contributed by atoms with E-state index in [1.165, 1.54) is 0 Å². The van der Waals surface area contributed by atoms with Crippen molar-refractivity contribution in [1.82, 2.24) is 4.90 Å². The third kappa shape index (κ3) is 4.26. The van der Waals surface area contributed by atoms with E-state index in [9.17, 15) is 9.59 Å². The van der Waals surface area contributed by atoms with Crippen LogP contribution in [0.3, 0.4) is 0 Å². The van der Waals surface area contributed by atoms with Crippen LogP contribution < -0.4 is 20.1 Å². The number of carbonyl (C=O) groups is 2. The summed E-state index contributed by atoms with van der Waals surface area (Å²) in [5, 5.41) is 0. The molecule has 2 N–H and O–H groups in total. The van der Waals surface area contributed by atoms with E-state index >= 15 is 0 Å². The molecule has 0 aliphatic carbocycles. The number of amides is 2. The second-order valence-corrected chi connectivity index (χ2v) is 6.97. The van der Waals surface area contributed by atoms with E-state index in [-0.39, 0.29) is 19.0 Å². The topological polar surface area (TPSA) is 85.1 Å². The first-order chi connectivity index (χ1) is 13.4. The predicted molar refractivity (Wildman–Crippen MR) is 106 cm³/mol. The third-order valence-corrected chi connectivity index (χ3v) is 4.67. The number of nitrogens with two attached hydrogens (primary N) is 1. The van der Waals surface area contributed by atoms with Gasteiger partial charge in [0.05, 0.1) is 25.9 Å². The quantitative estimate of drug-likeness (QED) is 0.821. The Morgan fingerprint density at radius 2 is 2.04 bits per heavy atom. The van der Waals surface area contributed by atoms with Crippen LogP contribution in [0.2, 0.25) is 0 Å². The average Bonchev–Trinajstić information content (AvgIpc) is 2.67. The molecule has 28 heavy (non-hydrogen) atoms. The average molecular weight is 383 g/mol. The first kappa shape index (κ1) is 19.7. The molecular formula is C21H25N3O4. The molecule has 0 saturated carbocycles. The molecule has 0 saturated heterocycles. The predicted octanol–water partition coefficient (Wildman–Crippen LogP) is 1.71. The number of hydrogen-bond acceptors (Lipinski definition) is 5. The molecule has 7 nitrogen and oxygen atoms in total. The molecule has 0 spiro atoms. The van der Waals surface area contributed by atoms with Gasteiger partial charge in [0.15, 0.2) is 6.10 Å². The van der Waals surface area contributed by atoms with Crippen molar-refractivity contribution in [2.45, 2.75) is 19.6 Å². The lowest BCUT2D eigenvalue weighted by Gasteiger charge is -2.34. The maximum atomic E-state index is 13.0. The second kappa shape index (κ2) is 8.31. The Hall–Kier alpha value is -3.06. The summed E-state index contributed by atoms with van der Waals surface area (Å²) in [6.07, 6.45) is -0.860. The number of fused-ring (bicyclic) bond motifs is 1. The van der Waals surface area contributed by atoms with Crippen molar-refractivity contribution in [2.75, 3.05) is 32.1 Å². The van der Waals surface area contributed by atoms with E-state index in [0.29, 0.717) is 18.0 Å². The lowest BCUT2D eigenvalue weighted by Crippen LogP contribution is -2.51. The van der Waals surface area contributed by atoms with Gasteiger partial charge >= 0.3 is 0 Å². The molecule has 1 atom stereocenters. The second-order valence-electron chi connectivity index (χ2n) is 6.97. The standard InChI is InChI=1S/C21H25N3O4/c1-14-8-9-17(27-3)15(10-14)11-23(2)13-20(25)24-12-19(21(22)26)28-18-7-5-4-6-16(18)24/h4-10,19H,11-13H2,1-3H3,(H2,22,26)/t19-/m1/s1. The van der Waals surface area contributed by atoms with Crippen LogP contribution in [0, 0.1) is 6.92 Å². The summed E-state index contributed by atoms with van der Waals surface area (Å²) >= 11 is 0. The zero-order chi connectivity index (χ0) is 20.3. The van der Waals surface area contributed by atoms with Crippen LogP contribution in [0.25, 0.3) is 0 Å². The molecule has 1 aliphatic heterocycles. The molecule has 0 unspecified atom stereocenters. The molecule has 2 amide bonds. The Morgan fingerprint density at radius 3 is 2.75 bits per heavy atom. The summed E-state index contributed by atoms with van der Waals surface area (Å²) in [7, 11) is 3.51. The zero-order valence-electron chi connectivity index (χ0n) is 16.3. The van der Waals surface area contributed by atoms with E-state index in [0.717, 1.165) is 16.9 Å². The minimum atomic E-state index is -0.860. The van der Waals surface area contributed by atoms with E-state index in [2.05, 4.69) is 0 Å². The van der Waals surface area contributed by atoms with Crippen molar-refractivity contribution in [3.63, 3.8) is 0 Å². The molecule has 148 valence electrons. The highest BCUT2D eigenvalue weighted by atomic mass is 16.5. The lowest BCUT2D eigenvalue weighted by molar-refractivity contribution is -0.125. The molecule has 0 bridgehead atoms. The number of methoxy groups -OCH3 is 1. The fraction of sp³-hybridized carbons (Fsp3) is 0.333. The molecule has 2 aromatic rings. The number of nitrogens with zero attached hydrogens (tertiary/aromatic N) is 2. The number of ether oxygens (including phenoxy) is 2. The normalized spacial score (nSPS) is 15.7. The first-order valence-electron chi connectivity index (χ1n) is 9.06. The Kier molecular flexibility index (Phi) is 5.84. The largest absolute Gasteiger partial charge is 0.496 e. The van der Waals surface area contributed by atoms with Gasteiger partial charge in [0, 0.05) is 12.1 Å². The van der Waals surface area contributed by atoms with Crippen LogP contribution in [-0.4, -0.2) is 50.1 Å². The van der Waals surface area contributed by atoms with Gasteiger partial charge in [-0.1, -0.05) is 29.8 Å². The van der Waals surface area contributed by atoms with E-state index < -0.39 is 12.0 Å². The fourth-order valence-electron chi connectivity index (χ4n) is 3.31. The number of para-hydroxylation sites is 2. The monoisotopic (exact) mass is 383 g/mol. The molecule has 1 heterocycles. The smallest absolute Gasteiger partial charge is 0.260 e. The molecule has 2 aromatic carbocycles. The maximum absolute atomic E-state index is 13.0. The van der Waals surface area contributed by atoms with Gasteiger partial charge in [0.2, 0.25) is 5.91 Å². The fourth-order valence-corrected chi connectivity index (χ4v) is 3.31. The zero-order valence-corrected chi connectivity index (χ0v) is 16.3. The van der Waals surface area contributed by atoms with Gasteiger partial charge in [0.1, 0.15) is 11.5 Å². The Labute approximate surface area is 164 Å². The van der Waals surface area contributed by atoms with Crippen molar-refractivity contribution in [2.24, 2.45) is 5.73 Å². The molecule has 3 rings (SSSR count). The number of aryl methyl sites for hydroxylation is 1. The van der Waals surface area contributed by atoms with Gasteiger partial charge in [-0.05, 0) is 32.2 Å². The van der Waals surface area contributed by atoms with Crippen LogP contribution in [0.15, 0.2) is 42.5 Å². The third-order valence-electron chi connectivity index (χ3n) is 4.67. The lowest BCUT2D eigenvalue weighted by atomic mass is 10.1. The highest BCUT2D eigenvalue weighted by molar-refractivity contribution is 5.98.